The third kappa shape index (κ3) is 6.51. The van der Waals surface area contributed by atoms with Gasteiger partial charge in [0.1, 0.15) is 30.1 Å². The number of hydrogen-bond donors (Lipinski definition) is 0. The molecule has 0 N–H and O–H groups in total. The molecule has 2 aromatic heterocycles. The van der Waals surface area contributed by atoms with Crippen molar-refractivity contribution in [2.24, 2.45) is 0 Å². The number of nitrogens with zero attached hydrogens (tertiary/aromatic N) is 2. The van der Waals surface area contributed by atoms with E-state index in [1.54, 1.807) is 0 Å². The number of aromatic nitrogens is 2. The lowest BCUT2D eigenvalue weighted by Crippen LogP contribution is -2.47. The van der Waals surface area contributed by atoms with Crippen molar-refractivity contribution in [3.05, 3.63) is 164 Å². The number of rotatable bonds is 10. The minimum absolute atomic E-state index is 0.114. The van der Waals surface area contributed by atoms with E-state index in [-0.39, 0.29) is 24.2 Å². The highest BCUT2D eigenvalue weighted by Gasteiger charge is 2.44. The third-order valence-corrected chi connectivity index (χ3v) is 8.23. The lowest BCUT2D eigenvalue weighted by atomic mass is 9.80. The molecule has 12 heteroatoms. The fourth-order valence-corrected chi connectivity index (χ4v) is 5.99. The Morgan fingerprint density at radius 1 is 0.878 bits per heavy atom. The normalized spacial score (nSPS) is 17.9. The van der Waals surface area contributed by atoms with E-state index in [0.29, 0.717) is 10.8 Å². The van der Waals surface area contributed by atoms with E-state index in [1.165, 1.54) is 6.07 Å². The van der Waals surface area contributed by atoms with Gasteiger partial charge in [0.05, 0.1) is 19.0 Å². The number of carbonyl (C=O) groups is 1. The molecule has 1 fully saturated rings. The van der Waals surface area contributed by atoms with E-state index < -0.39 is 58.7 Å². The summed E-state index contributed by atoms with van der Waals surface area (Å²) in [5.41, 5.74) is -3.74. The van der Waals surface area contributed by atoms with Gasteiger partial charge in [0.15, 0.2) is 5.76 Å². The van der Waals surface area contributed by atoms with Crippen LogP contribution in [0.2, 0.25) is 0 Å². The van der Waals surface area contributed by atoms with Gasteiger partial charge < -0.3 is 18.6 Å². The number of terminal acetylenes is 1. The predicted octanol–water partition coefficient (Wildman–Crippen LogP) is 5.62. The van der Waals surface area contributed by atoms with Crippen molar-refractivity contribution in [3.63, 3.8) is 0 Å². The molecule has 3 heterocycles. The molecule has 1 aliphatic rings. The molecule has 0 spiro atoms. The topological polar surface area (TPSA) is 102 Å². The van der Waals surface area contributed by atoms with Crippen LogP contribution in [0.3, 0.4) is 0 Å². The molecule has 5 aromatic rings. The SMILES string of the molecule is C#CCO[C@H]1C[C@H](n2cc(C(F)(F)F)c(=O)n(C(=O)c3ccco3)c2=O)O[C@@H]1COC(c1ccccc1)(c1ccccc1)c1ccccc1. The molecule has 0 saturated carbocycles. The van der Waals surface area contributed by atoms with Crippen LogP contribution in [0.4, 0.5) is 13.2 Å². The summed E-state index contributed by atoms with van der Waals surface area (Å²) in [5, 5.41) is 0. The Morgan fingerprint density at radius 3 is 1.94 bits per heavy atom. The molecule has 3 aromatic carbocycles. The van der Waals surface area contributed by atoms with Crippen molar-refractivity contribution < 1.29 is 36.6 Å². The van der Waals surface area contributed by atoms with Crippen LogP contribution in [0, 0.1) is 12.3 Å². The second-order valence-electron chi connectivity index (χ2n) is 11.2. The van der Waals surface area contributed by atoms with E-state index in [9.17, 15) is 27.6 Å². The van der Waals surface area contributed by atoms with Crippen molar-refractivity contribution in [2.45, 2.75) is 36.6 Å². The summed E-state index contributed by atoms with van der Waals surface area (Å²) in [7, 11) is 0. The van der Waals surface area contributed by atoms with Crippen LogP contribution in [-0.4, -0.2) is 40.5 Å². The molecule has 9 nitrogen and oxygen atoms in total. The van der Waals surface area contributed by atoms with Gasteiger partial charge in [0.2, 0.25) is 0 Å². The summed E-state index contributed by atoms with van der Waals surface area (Å²) in [4.78, 5) is 39.6. The first kappa shape index (κ1) is 33.4. The first-order valence-corrected chi connectivity index (χ1v) is 15.2. The predicted molar refractivity (Wildman–Crippen MR) is 171 cm³/mol. The highest BCUT2D eigenvalue weighted by Crippen LogP contribution is 2.42. The molecule has 1 saturated heterocycles. The first-order chi connectivity index (χ1) is 23.6. The fourth-order valence-electron chi connectivity index (χ4n) is 5.99. The minimum Gasteiger partial charge on any atom is -0.459 e. The number of alkyl halides is 3. The Balaban J connectivity index is 1.42. The van der Waals surface area contributed by atoms with E-state index >= 15 is 0 Å². The molecule has 3 atom stereocenters. The average Bonchev–Trinajstić information content (AvgIpc) is 3.80. The van der Waals surface area contributed by atoms with Gasteiger partial charge in [0, 0.05) is 12.6 Å². The maximum absolute atomic E-state index is 14.1. The van der Waals surface area contributed by atoms with E-state index in [2.05, 4.69) is 5.92 Å². The van der Waals surface area contributed by atoms with Crippen LogP contribution in [0.1, 0.15) is 45.5 Å². The Kier molecular flexibility index (Phi) is 9.51. The van der Waals surface area contributed by atoms with E-state index in [1.807, 2.05) is 91.0 Å². The Bertz CT molecular complexity index is 1960. The van der Waals surface area contributed by atoms with Crippen LogP contribution in [0.15, 0.2) is 130 Å². The lowest BCUT2D eigenvalue weighted by Gasteiger charge is -2.37. The van der Waals surface area contributed by atoms with E-state index in [4.69, 9.17) is 25.1 Å². The van der Waals surface area contributed by atoms with Gasteiger partial charge in [-0.05, 0) is 28.8 Å². The van der Waals surface area contributed by atoms with Crippen molar-refractivity contribution >= 4 is 5.91 Å². The van der Waals surface area contributed by atoms with Gasteiger partial charge in [-0.15, -0.1) is 6.42 Å². The zero-order chi connectivity index (χ0) is 34.6. The molecule has 0 unspecified atom stereocenters. The number of carbonyl (C=O) groups excluding carboxylic acids is 1. The minimum atomic E-state index is -5.21. The molecule has 0 aliphatic carbocycles. The van der Waals surface area contributed by atoms with Gasteiger partial charge in [0.25, 0.3) is 5.56 Å². The molecule has 1 aliphatic heterocycles. The van der Waals surface area contributed by atoms with Gasteiger partial charge in [-0.3, -0.25) is 14.2 Å². The van der Waals surface area contributed by atoms with Gasteiger partial charge >= 0.3 is 17.8 Å². The smallest absolute Gasteiger partial charge is 0.423 e. The molecule has 0 radical (unpaired) electrons. The van der Waals surface area contributed by atoms with Gasteiger partial charge in [-0.25, -0.2) is 4.79 Å². The molecule has 0 amide bonds. The molecule has 49 heavy (non-hydrogen) atoms. The standard InChI is InChI=1S/C37H29F3N2O7/c1-2-20-46-30-22-32(41-23-28(37(38,39)40)33(43)42(35(41)45)34(44)29-19-12-21-47-29)49-31(30)24-48-36(25-13-6-3-7-14-25,26-15-8-4-9-16-26)27-17-10-5-11-18-27/h1,3-19,21,23,30-32H,20,22,24H2/t30-,31+,32+/m0/s1. The van der Waals surface area contributed by atoms with Gasteiger partial charge in [-0.2, -0.15) is 17.7 Å². The monoisotopic (exact) mass is 670 g/mol. The summed E-state index contributed by atoms with van der Waals surface area (Å²) < 4.78 is 66.7. The Labute approximate surface area is 278 Å². The van der Waals surface area contributed by atoms with Crippen LogP contribution in [0.5, 0.6) is 0 Å². The Morgan fingerprint density at radius 2 is 1.45 bits per heavy atom. The highest BCUT2D eigenvalue weighted by atomic mass is 19.4. The average molecular weight is 671 g/mol. The first-order valence-electron chi connectivity index (χ1n) is 15.2. The summed E-state index contributed by atoms with van der Waals surface area (Å²) in [6.45, 7) is -0.339. The number of benzene rings is 3. The van der Waals surface area contributed by atoms with E-state index in [0.717, 1.165) is 29.0 Å². The molecular weight excluding hydrogens is 641 g/mol. The second kappa shape index (κ2) is 13.9. The number of halogens is 3. The fraction of sp³-hybridized carbons (Fsp3) is 0.216. The second-order valence-corrected chi connectivity index (χ2v) is 11.2. The van der Waals surface area contributed by atoms with Crippen molar-refractivity contribution in [2.75, 3.05) is 13.2 Å². The number of hydrogen-bond acceptors (Lipinski definition) is 7. The summed E-state index contributed by atoms with van der Waals surface area (Å²) in [6, 6.07) is 30.8. The summed E-state index contributed by atoms with van der Waals surface area (Å²) in [5.74, 6) is 0.504. The zero-order valence-electron chi connectivity index (χ0n) is 25.8. The van der Waals surface area contributed by atoms with Gasteiger partial charge in [-0.1, -0.05) is 96.9 Å². The van der Waals surface area contributed by atoms with Crippen molar-refractivity contribution in [1.29, 1.82) is 0 Å². The van der Waals surface area contributed by atoms with Crippen LogP contribution in [-0.2, 0) is 26.0 Å². The summed E-state index contributed by atoms with van der Waals surface area (Å²) >= 11 is 0. The van der Waals surface area contributed by atoms with Crippen molar-refractivity contribution in [1.82, 2.24) is 9.13 Å². The Hall–Kier alpha value is -5.48. The summed E-state index contributed by atoms with van der Waals surface area (Å²) in [6.07, 6.45) is -1.69. The molecule has 250 valence electrons. The number of ether oxygens (including phenoxy) is 3. The lowest BCUT2D eigenvalue weighted by molar-refractivity contribution is -0.140. The maximum atomic E-state index is 14.1. The quantitative estimate of drug-likeness (QED) is 0.140. The largest absolute Gasteiger partial charge is 0.459 e. The number of furan rings is 1. The molecule has 0 bridgehead atoms. The van der Waals surface area contributed by atoms with Crippen molar-refractivity contribution in [3.8, 4) is 12.3 Å². The molecule has 6 rings (SSSR count). The zero-order valence-corrected chi connectivity index (χ0v) is 25.8. The third-order valence-electron chi connectivity index (χ3n) is 8.23. The maximum Gasteiger partial charge on any atom is 0.423 e. The van der Waals surface area contributed by atoms with Crippen LogP contribution < -0.4 is 11.2 Å². The van der Waals surface area contributed by atoms with Crippen LogP contribution in [0.25, 0.3) is 0 Å². The van der Waals surface area contributed by atoms with Crippen LogP contribution >= 0.6 is 0 Å². The molecular formula is C37H29F3N2O7. The highest BCUT2D eigenvalue weighted by molar-refractivity contribution is 5.93.